The van der Waals surface area contributed by atoms with Gasteiger partial charge in [-0.25, -0.2) is 17.2 Å². The second-order valence-electron chi connectivity index (χ2n) is 5.98. The fourth-order valence-corrected chi connectivity index (χ4v) is 3.27. The molecule has 0 aliphatic rings. The van der Waals surface area contributed by atoms with Crippen molar-refractivity contribution in [3.63, 3.8) is 0 Å². The lowest BCUT2D eigenvalue weighted by molar-refractivity contribution is -0.119. The van der Waals surface area contributed by atoms with Crippen molar-refractivity contribution in [3.8, 4) is 5.75 Å². The molecule has 0 aliphatic carbocycles. The summed E-state index contributed by atoms with van der Waals surface area (Å²) in [7, 11) is -3.89. The van der Waals surface area contributed by atoms with Gasteiger partial charge in [-0.05, 0) is 36.8 Å². The first-order chi connectivity index (χ1) is 13.1. The van der Waals surface area contributed by atoms with Crippen LogP contribution in [0, 0.1) is 18.6 Å². The van der Waals surface area contributed by atoms with Crippen LogP contribution < -0.4 is 14.4 Å². The number of benzene rings is 2. The molecule has 6 nitrogen and oxygen atoms in total. The van der Waals surface area contributed by atoms with Gasteiger partial charge in [0.1, 0.15) is 18.9 Å². The molecule has 10 heteroatoms. The van der Waals surface area contributed by atoms with Crippen molar-refractivity contribution in [1.82, 2.24) is 5.32 Å². The first kappa shape index (κ1) is 21.9. The van der Waals surface area contributed by atoms with Crippen LogP contribution in [0.5, 0.6) is 5.75 Å². The van der Waals surface area contributed by atoms with Gasteiger partial charge in [0.25, 0.3) is 0 Å². The zero-order valence-electron chi connectivity index (χ0n) is 15.2. The molecule has 0 spiro atoms. The van der Waals surface area contributed by atoms with Gasteiger partial charge in [-0.3, -0.25) is 9.10 Å². The van der Waals surface area contributed by atoms with Gasteiger partial charge in [0.05, 0.1) is 18.5 Å². The topological polar surface area (TPSA) is 75.7 Å². The van der Waals surface area contributed by atoms with Crippen LogP contribution in [0.1, 0.15) is 5.56 Å². The van der Waals surface area contributed by atoms with E-state index in [0.29, 0.717) is 21.1 Å². The Bertz CT molecular complexity index is 970. The minimum absolute atomic E-state index is 0.111. The van der Waals surface area contributed by atoms with Crippen molar-refractivity contribution < 1.29 is 26.7 Å². The van der Waals surface area contributed by atoms with Crippen LogP contribution in [0.15, 0.2) is 36.4 Å². The van der Waals surface area contributed by atoms with E-state index in [2.05, 4.69) is 5.32 Å². The highest BCUT2D eigenvalue weighted by atomic mass is 35.5. The smallest absolute Gasteiger partial charge is 0.240 e. The molecule has 0 unspecified atom stereocenters. The lowest BCUT2D eigenvalue weighted by Crippen LogP contribution is -2.41. The van der Waals surface area contributed by atoms with Crippen LogP contribution in [-0.2, 0) is 14.8 Å². The zero-order chi connectivity index (χ0) is 20.9. The van der Waals surface area contributed by atoms with E-state index in [1.807, 2.05) is 6.92 Å². The summed E-state index contributed by atoms with van der Waals surface area (Å²) in [6, 6.07) is 7.76. The molecule has 1 N–H and O–H groups in total. The Morgan fingerprint density at radius 3 is 2.50 bits per heavy atom. The summed E-state index contributed by atoms with van der Waals surface area (Å²) < 4.78 is 56.5. The predicted molar refractivity (Wildman–Crippen MR) is 103 cm³/mol. The molecule has 2 rings (SSSR count). The van der Waals surface area contributed by atoms with Gasteiger partial charge in [0.2, 0.25) is 15.9 Å². The number of sulfonamides is 1. The number of amides is 1. The predicted octanol–water partition coefficient (Wildman–Crippen LogP) is 2.89. The highest BCUT2D eigenvalue weighted by Crippen LogP contribution is 2.22. The van der Waals surface area contributed by atoms with Crippen LogP contribution in [0.3, 0.4) is 0 Å². The standard InChI is InChI=1S/C18H19ClF2N2O4S/c1-12-3-5-14(10-15(12)19)27-8-7-22-18(24)11-23(28(2,25)26)13-4-6-16(20)17(21)9-13/h3-6,9-10H,7-8,11H2,1-2H3,(H,22,24). The molecule has 0 heterocycles. The number of halogens is 3. The van der Waals surface area contributed by atoms with Crippen LogP contribution in [0.2, 0.25) is 5.02 Å². The third-order valence-electron chi connectivity index (χ3n) is 3.71. The van der Waals surface area contributed by atoms with E-state index in [9.17, 15) is 22.0 Å². The fourth-order valence-electron chi connectivity index (χ4n) is 2.25. The van der Waals surface area contributed by atoms with Crippen LogP contribution in [0.4, 0.5) is 14.5 Å². The number of hydrogen-bond donors (Lipinski definition) is 1. The Labute approximate surface area is 167 Å². The van der Waals surface area contributed by atoms with E-state index in [4.69, 9.17) is 16.3 Å². The number of rotatable bonds is 8. The largest absolute Gasteiger partial charge is 0.492 e. The van der Waals surface area contributed by atoms with Gasteiger partial charge in [-0.2, -0.15) is 0 Å². The molecule has 0 fully saturated rings. The number of nitrogens with one attached hydrogen (secondary N) is 1. The Morgan fingerprint density at radius 1 is 1.18 bits per heavy atom. The minimum atomic E-state index is -3.89. The van der Waals surface area contributed by atoms with E-state index in [-0.39, 0.29) is 18.8 Å². The van der Waals surface area contributed by atoms with Gasteiger partial charge >= 0.3 is 0 Å². The summed E-state index contributed by atoms with van der Waals surface area (Å²) in [6.45, 7) is 1.52. The summed E-state index contributed by atoms with van der Waals surface area (Å²) in [5.41, 5.74) is 0.752. The second kappa shape index (κ2) is 9.20. The average molecular weight is 433 g/mol. The van der Waals surface area contributed by atoms with Crippen LogP contribution in [-0.4, -0.2) is 40.3 Å². The number of carbonyl (C=O) groups excluding carboxylic acids is 1. The molecule has 0 saturated carbocycles. The summed E-state index contributed by atoms with van der Waals surface area (Å²) >= 11 is 5.99. The van der Waals surface area contributed by atoms with E-state index in [1.54, 1.807) is 18.2 Å². The Hall–Kier alpha value is -2.39. The molecule has 0 bridgehead atoms. The van der Waals surface area contributed by atoms with Gasteiger partial charge in [-0.15, -0.1) is 0 Å². The summed E-state index contributed by atoms with van der Waals surface area (Å²) in [6.07, 6.45) is 0.867. The first-order valence-electron chi connectivity index (χ1n) is 8.16. The van der Waals surface area contributed by atoms with E-state index >= 15 is 0 Å². The molecular weight excluding hydrogens is 414 g/mol. The normalized spacial score (nSPS) is 11.2. The van der Waals surface area contributed by atoms with Crippen molar-refractivity contribution in [2.45, 2.75) is 6.92 Å². The molecule has 1 amide bonds. The maximum Gasteiger partial charge on any atom is 0.240 e. The van der Waals surface area contributed by atoms with Crippen molar-refractivity contribution in [2.24, 2.45) is 0 Å². The fraction of sp³-hybridized carbons (Fsp3) is 0.278. The van der Waals surface area contributed by atoms with Crippen LogP contribution >= 0.6 is 11.6 Å². The number of aryl methyl sites for hydroxylation is 1. The van der Waals surface area contributed by atoms with Crippen molar-refractivity contribution in [1.29, 1.82) is 0 Å². The molecule has 0 saturated heterocycles. The summed E-state index contributed by atoms with van der Waals surface area (Å²) in [5, 5.41) is 3.06. The highest BCUT2D eigenvalue weighted by molar-refractivity contribution is 7.92. The Morgan fingerprint density at radius 2 is 1.89 bits per heavy atom. The maximum absolute atomic E-state index is 13.4. The summed E-state index contributed by atoms with van der Waals surface area (Å²) in [5.74, 6) is -2.42. The van der Waals surface area contributed by atoms with Crippen molar-refractivity contribution in [2.75, 3.05) is 30.3 Å². The Balaban J connectivity index is 1.93. The van der Waals surface area contributed by atoms with E-state index < -0.39 is 34.1 Å². The second-order valence-corrected chi connectivity index (χ2v) is 8.29. The van der Waals surface area contributed by atoms with Gasteiger partial charge in [0, 0.05) is 11.1 Å². The third kappa shape index (κ3) is 6.07. The van der Waals surface area contributed by atoms with Gasteiger partial charge < -0.3 is 10.1 Å². The number of ether oxygens (including phenoxy) is 1. The monoisotopic (exact) mass is 432 g/mol. The molecule has 0 aliphatic heterocycles. The zero-order valence-corrected chi connectivity index (χ0v) is 16.8. The van der Waals surface area contributed by atoms with Gasteiger partial charge in [-0.1, -0.05) is 17.7 Å². The number of anilines is 1. The maximum atomic E-state index is 13.4. The lowest BCUT2D eigenvalue weighted by Gasteiger charge is -2.22. The average Bonchev–Trinajstić information content (AvgIpc) is 2.61. The summed E-state index contributed by atoms with van der Waals surface area (Å²) in [4.78, 5) is 12.1. The third-order valence-corrected chi connectivity index (χ3v) is 5.26. The molecule has 0 atom stereocenters. The molecular formula is C18H19ClF2N2O4S. The Kier molecular flexibility index (Phi) is 7.20. The van der Waals surface area contributed by atoms with Crippen LogP contribution in [0.25, 0.3) is 0 Å². The van der Waals surface area contributed by atoms with Gasteiger partial charge in [0.15, 0.2) is 11.6 Å². The lowest BCUT2D eigenvalue weighted by atomic mass is 10.2. The number of carbonyl (C=O) groups is 1. The molecule has 0 radical (unpaired) electrons. The van der Waals surface area contributed by atoms with E-state index in [0.717, 1.165) is 24.0 Å². The van der Waals surface area contributed by atoms with Crippen molar-refractivity contribution >= 4 is 33.2 Å². The molecule has 2 aromatic carbocycles. The molecule has 28 heavy (non-hydrogen) atoms. The number of hydrogen-bond acceptors (Lipinski definition) is 4. The highest BCUT2D eigenvalue weighted by Gasteiger charge is 2.22. The van der Waals surface area contributed by atoms with Crippen molar-refractivity contribution in [3.05, 3.63) is 58.6 Å². The minimum Gasteiger partial charge on any atom is -0.492 e. The number of nitrogens with zero attached hydrogens (tertiary/aromatic N) is 1. The quantitative estimate of drug-likeness (QED) is 0.651. The molecule has 152 valence electrons. The molecule has 0 aromatic heterocycles. The first-order valence-corrected chi connectivity index (χ1v) is 10.4. The SMILES string of the molecule is Cc1ccc(OCCNC(=O)CN(c2ccc(F)c(F)c2)S(C)(=O)=O)cc1Cl. The van der Waals surface area contributed by atoms with E-state index in [1.165, 1.54) is 0 Å². The molecule has 2 aromatic rings.